The highest BCUT2D eigenvalue weighted by Gasteiger charge is 2.24. The van der Waals surface area contributed by atoms with Crippen LogP contribution in [0.25, 0.3) is 0 Å². The lowest BCUT2D eigenvalue weighted by Gasteiger charge is -2.11. The molecule has 0 bridgehead atoms. The zero-order valence-electron chi connectivity index (χ0n) is 17.5. The van der Waals surface area contributed by atoms with Crippen molar-refractivity contribution in [2.24, 2.45) is 5.73 Å². The Bertz CT molecular complexity index is 948. The van der Waals surface area contributed by atoms with Gasteiger partial charge in [-0.15, -0.1) is 0 Å². The van der Waals surface area contributed by atoms with Gasteiger partial charge in [-0.1, -0.05) is 60.7 Å². The number of nitrogen functional groups attached to an aromatic ring is 1. The summed E-state index contributed by atoms with van der Waals surface area (Å²) in [6.07, 6.45) is 2.06. The highest BCUT2D eigenvalue weighted by atomic mass is 16.5. The molecule has 0 saturated carbocycles. The average Bonchev–Trinajstić information content (AvgIpc) is 3.22. The number of amides is 1. The molecule has 3 aromatic carbocycles. The SMILES string of the molecule is N=C(N)c1ccc2c(c1)C(CCNC(=O)CCc1ccccc1)CO2.[c]1ccccc1. The van der Waals surface area contributed by atoms with Crippen molar-refractivity contribution in [2.45, 2.75) is 25.2 Å². The number of nitrogens with one attached hydrogen (secondary N) is 2. The second kappa shape index (κ2) is 11.6. The third-order valence-electron chi connectivity index (χ3n) is 5.11. The number of carbonyl (C=O) groups is 1. The number of hydrogen-bond donors (Lipinski definition) is 3. The minimum atomic E-state index is 0.0580. The Morgan fingerprint density at radius 2 is 1.84 bits per heavy atom. The molecular formula is C26H28N3O2. The molecule has 1 atom stereocenters. The first-order valence-electron chi connectivity index (χ1n) is 10.5. The molecule has 1 unspecified atom stereocenters. The molecule has 0 spiro atoms. The third-order valence-corrected chi connectivity index (χ3v) is 5.11. The van der Waals surface area contributed by atoms with Gasteiger partial charge in [-0.3, -0.25) is 10.2 Å². The van der Waals surface area contributed by atoms with E-state index in [0.29, 0.717) is 25.1 Å². The van der Waals surface area contributed by atoms with Crippen LogP contribution in [0.1, 0.15) is 35.4 Å². The quantitative estimate of drug-likeness (QED) is 0.402. The molecule has 1 aliphatic heterocycles. The first-order chi connectivity index (χ1) is 15.1. The normalized spacial score (nSPS) is 13.9. The lowest BCUT2D eigenvalue weighted by molar-refractivity contribution is -0.121. The Morgan fingerprint density at radius 3 is 2.48 bits per heavy atom. The monoisotopic (exact) mass is 414 g/mol. The van der Waals surface area contributed by atoms with E-state index in [0.717, 1.165) is 24.2 Å². The summed E-state index contributed by atoms with van der Waals surface area (Å²) in [5.41, 5.74) is 8.52. The van der Waals surface area contributed by atoms with Crippen LogP contribution < -0.4 is 15.8 Å². The maximum atomic E-state index is 12.0. The standard InChI is InChI=1S/C20H23N3O2.C6H5/c21-20(22)15-7-8-18-17(12-15)16(13-25-18)10-11-23-19(24)9-6-14-4-2-1-3-5-14;1-2-4-6-5-3-1/h1-5,7-8,12,16H,6,9-11,13H2,(H3,21,22)(H,23,24);1-5H. The summed E-state index contributed by atoms with van der Waals surface area (Å²) < 4.78 is 5.68. The fraction of sp³-hybridized carbons (Fsp3) is 0.231. The maximum Gasteiger partial charge on any atom is 0.220 e. The van der Waals surface area contributed by atoms with Crippen molar-refractivity contribution in [1.82, 2.24) is 5.32 Å². The lowest BCUT2D eigenvalue weighted by atomic mass is 9.96. The third kappa shape index (κ3) is 7.00. The molecule has 1 aliphatic rings. The van der Waals surface area contributed by atoms with E-state index in [4.69, 9.17) is 15.9 Å². The van der Waals surface area contributed by atoms with Crippen molar-refractivity contribution in [1.29, 1.82) is 5.41 Å². The smallest absolute Gasteiger partial charge is 0.220 e. The minimum absolute atomic E-state index is 0.0580. The molecule has 0 fully saturated rings. The number of amidine groups is 1. The zero-order chi connectivity index (χ0) is 21.9. The summed E-state index contributed by atoms with van der Waals surface area (Å²) in [6, 6.07) is 28.1. The molecule has 5 nitrogen and oxygen atoms in total. The highest BCUT2D eigenvalue weighted by Crippen LogP contribution is 2.36. The van der Waals surface area contributed by atoms with Gasteiger partial charge in [0.2, 0.25) is 5.91 Å². The van der Waals surface area contributed by atoms with Gasteiger partial charge in [0.1, 0.15) is 11.6 Å². The van der Waals surface area contributed by atoms with Gasteiger partial charge in [0.15, 0.2) is 0 Å². The van der Waals surface area contributed by atoms with Crippen LogP contribution in [0.15, 0.2) is 78.9 Å². The van der Waals surface area contributed by atoms with Crippen molar-refractivity contribution in [2.75, 3.05) is 13.2 Å². The van der Waals surface area contributed by atoms with Crippen LogP contribution in [0.5, 0.6) is 5.75 Å². The highest BCUT2D eigenvalue weighted by molar-refractivity contribution is 5.95. The van der Waals surface area contributed by atoms with Crippen LogP contribution >= 0.6 is 0 Å². The fourth-order valence-corrected chi connectivity index (χ4v) is 3.40. The van der Waals surface area contributed by atoms with Crippen LogP contribution in [0, 0.1) is 11.5 Å². The van der Waals surface area contributed by atoms with Crippen molar-refractivity contribution in [3.05, 3.63) is 102 Å². The van der Waals surface area contributed by atoms with Crippen molar-refractivity contribution < 1.29 is 9.53 Å². The van der Waals surface area contributed by atoms with Gasteiger partial charge in [-0.2, -0.15) is 0 Å². The van der Waals surface area contributed by atoms with Gasteiger partial charge < -0.3 is 15.8 Å². The summed E-state index contributed by atoms with van der Waals surface area (Å²) in [4.78, 5) is 12.0. The van der Waals surface area contributed by atoms with Gasteiger partial charge in [-0.05, 0) is 42.7 Å². The van der Waals surface area contributed by atoms with E-state index in [1.165, 1.54) is 5.56 Å². The molecular weight excluding hydrogens is 386 g/mol. The Labute approximate surface area is 183 Å². The van der Waals surface area contributed by atoms with Gasteiger partial charge >= 0.3 is 0 Å². The summed E-state index contributed by atoms with van der Waals surface area (Å²) >= 11 is 0. The van der Waals surface area contributed by atoms with E-state index in [1.54, 1.807) is 6.07 Å². The van der Waals surface area contributed by atoms with Crippen molar-refractivity contribution in [3.8, 4) is 5.75 Å². The topological polar surface area (TPSA) is 88.2 Å². The number of carbonyl (C=O) groups excluding carboxylic acids is 1. The van der Waals surface area contributed by atoms with Gasteiger partial charge in [-0.25, -0.2) is 0 Å². The molecule has 1 heterocycles. The number of ether oxygens (including phenoxy) is 1. The van der Waals surface area contributed by atoms with Crippen LogP contribution in [-0.2, 0) is 11.2 Å². The van der Waals surface area contributed by atoms with E-state index in [-0.39, 0.29) is 17.7 Å². The second-order valence-electron chi connectivity index (χ2n) is 7.38. The summed E-state index contributed by atoms with van der Waals surface area (Å²) in [7, 11) is 0. The number of hydrogen-bond acceptors (Lipinski definition) is 3. The second-order valence-corrected chi connectivity index (χ2v) is 7.38. The molecule has 0 saturated heterocycles. The lowest BCUT2D eigenvalue weighted by Crippen LogP contribution is -2.26. The number of fused-ring (bicyclic) bond motifs is 1. The molecule has 4 rings (SSSR count). The summed E-state index contributed by atoms with van der Waals surface area (Å²) in [6.45, 7) is 1.22. The molecule has 159 valence electrons. The predicted octanol–water partition coefficient (Wildman–Crippen LogP) is 4.07. The first-order valence-corrected chi connectivity index (χ1v) is 10.5. The largest absolute Gasteiger partial charge is 0.493 e. The minimum Gasteiger partial charge on any atom is -0.493 e. The van der Waals surface area contributed by atoms with Crippen LogP contribution in [0.4, 0.5) is 0 Å². The van der Waals surface area contributed by atoms with E-state index >= 15 is 0 Å². The molecule has 31 heavy (non-hydrogen) atoms. The predicted molar refractivity (Wildman–Crippen MR) is 123 cm³/mol. The molecule has 3 aromatic rings. The first kappa shape index (κ1) is 22.1. The molecule has 4 N–H and O–H groups in total. The molecule has 0 aliphatic carbocycles. The molecule has 0 aromatic heterocycles. The van der Waals surface area contributed by atoms with Crippen LogP contribution in [0.2, 0.25) is 0 Å². The number of benzene rings is 3. The van der Waals surface area contributed by atoms with E-state index < -0.39 is 0 Å². The summed E-state index contributed by atoms with van der Waals surface area (Å²) in [5.74, 6) is 1.21. The van der Waals surface area contributed by atoms with E-state index in [9.17, 15) is 4.79 Å². The number of nitrogens with two attached hydrogens (primary N) is 1. The summed E-state index contributed by atoms with van der Waals surface area (Å²) in [5, 5.41) is 10.5. The molecule has 5 heteroatoms. The van der Waals surface area contributed by atoms with E-state index in [1.807, 2.05) is 72.8 Å². The maximum absolute atomic E-state index is 12.0. The number of aryl methyl sites for hydroxylation is 1. The van der Waals surface area contributed by atoms with Gasteiger partial charge in [0.25, 0.3) is 0 Å². The molecule has 1 amide bonds. The van der Waals surface area contributed by atoms with Crippen LogP contribution in [0.3, 0.4) is 0 Å². The van der Waals surface area contributed by atoms with Crippen molar-refractivity contribution >= 4 is 11.7 Å². The Kier molecular flexibility index (Phi) is 8.23. The van der Waals surface area contributed by atoms with Crippen LogP contribution in [-0.4, -0.2) is 24.9 Å². The Morgan fingerprint density at radius 1 is 1.10 bits per heavy atom. The van der Waals surface area contributed by atoms with Gasteiger partial charge in [0.05, 0.1) is 6.61 Å². The number of rotatable bonds is 7. The average molecular weight is 415 g/mol. The van der Waals surface area contributed by atoms with E-state index in [2.05, 4.69) is 11.4 Å². The Balaban J connectivity index is 0.000000391. The zero-order valence-corrected chi connectivity index (χ0v) is 17.5. The van der Waals surface area contributed by atoms with Gasteiger partial charge in [0, 0.05) is 30.0 Å². The molecule has 1 radical (unpaired) electrons. The fourth-order valence-electron chi connectivity index (χ4n) is 3.40. The Hall–Kier alpha value is -3.60. The van der Waals surface area contributed by atoms with Crippen molar-refractivity contribution in [3.63, 3.8) is 0 Å².